The average Bonchev–Trinajstić information content (AvgIpc) is 2.57. The lowest BCUT2D eigenvalue weighted by Gasteiger charge is -2.35. The number of aryl methyl sites for hydroxylation is 2. The third-order valence-corrected chi connectivity index (χ3v) is 3.95. The van der Waals surface area contributed by atoms with Gasteiger partial charge in [0, 0.05) is 11.1 Å². The van der Waals surface area contributed by atoms with Crippen LogP contribution in [0.5, 0.6) is 0 Å². The summed E-state index contributed by atoms with van der Waals surface area (Å²) in [5.41, 5.74) is 5.80. The van der Waals surface area contributed by atoms with E-state index in [0.717, 1.165) is 16.6 Å². The molecule has 2 N–H and O–H groups in total. The van der Waals surface area contributed by atoms with Crippen molar-refractivity contribution >= 4 is 24.8 Å². The first-order valence-electron chi connectivity index (χ1n) is 8.55. The summed E-state index contributed by atoms with van der Waals surface area (Å²) in [6, 6.07) is 12.3. The number of hydrogen-bond donors (Lipinski definition) is 2. The van der Waals surface area contributed by atoms with Crippen molar-refractivity contribution in [2.45, 2.75) is 40.2 Å². The molecule has 0 aromatic heterocycles. The predicted octanol–water partition coefficient (Wildman–Crippen LogP) is 1.86. The first-order valence-corrected chi connectivity index (χ1v) is 8.55. The Labute approximate surface area is 155 Å². The Hall–Kier alpha value is -2.60. The second-order valence-electron chi connectivity index (χ2n) is 7.48. The number of amides is 2. The lowest BCUT2D eigenvalue weighted by molar-refractivity contribution is 0.0358. The van der Waals surface area contributed by atoms with Crippen LogP contribution in [0.15, 0.2) is 42.5 Å². The van der Waals surface area contributed by atoms with Crippen LogP contribution in [0.25, 0.3) is 0 Å². The van der Waals surface area contributed by atoms with Crippen molar-refractivity contribution < 1.29 is 14.6 Å². The predicted molar refractivity (Wildman–Crippen MR) is 105 cm³/mol. The van der Waals surface area contributed by atoms with Gasteiger partial charge in [0.2, 0.25) is 0 Å². The molecule has 2 amide bonds. The third-order valence-electron chi connectivity index (χ3n) is 3.95. The van der Waals surface area contributed by atoms with Gasteiger partial charge in [-0.25, -0.2) is 5.01 Å². The van der Waals surface area contributed by atoms with Gasteiger partial charge >= 0.3 is 7.48 Å². The summed E-state index contributed by atoms with van der Waals surface area (Å²) < 4.78 is 0. The minimum Gasteiger partial charge on any atom is -0.449 e. The highest BCUT2D eigenvalue weighted by atomic mass is 16.2. The van der Waals surface area contributed by atoms with Gasteiger partial charge < -0.3 is 5.02 Å². The molecule has 2 aromatic carbocycles. The molecule has 0 fully saturated rings. The van der Waals surface area contributed by atoms with Gasteiger partial charge in [0.25, 0.3) is 11.8 Å². The molecular formula is C20H25BN2O3. The lowest BCUT2D eigenvalue weighted by Crippen LogP contribution is -2.55. The molecule has 26 heavy (non-hydrogen) atoms. The molecular weight excluding hydrogens is 327 g/mol. The number of benzene rings is 2. The molecule has 0 atom stereocenters. The van der Waals surface area contributed by atoms with E-state index in [4.69, 9.17) is 5.02 Å². The normalized spacial score (nSPS) is 11.0. The van der Waals surface area contributed by atoms with Crippen LogP contribution in [0.4, 0.5) is 0 Å². The van der Waals surface area contributed by atoms with E-state index in [-0.39, 0.29) is 19.3 Å². The quantitative estimate of drug-likeness (QED) is 0.654. The van der Waals surface area contributed by atoms with E-state index in [1.807, 2.05) is 52.8 Å². The van der Waals surface area contributed by atoms with Crippen LogP contribution in [0.3, 0.4) is 0 Å². The van der Waals surface area contributed by atoms with Crippen LogP contribution < -0.4 is 10.9 Å². The van der Waals surface area contributed by atoms with Gasteiger partial charge in [0.15, 0.2) is 0 Å². The van der Waals surface area contributed by atoms with Crippen molar-refractivity contribution in [2.24, 2.45) is 0 Å². The first kappa shape index (κ1) is 19.7. The monoisotopic (exact) mass is 352 g/mol. The molecule has 0 unspecified atom stereocenters. The van der Waals surface area contributed by atoms with Crippen molar-refractivity contribution in [3.8, 4) is 0 Å². The molecule has 2 aromatic rings. The minimum absolute atomic E-state index is 0.0821. The summed E-state index contributed by atoms with van der Waals surface area (Å²) in [6.45, 7) is 9.47. The molecule has 136 valence electrons. The molecule has 0 aliphatic carbocycles. The minimum atomic E-state index is -0.602. The standard InChI is InChI=1S/C20H25BN2O3/c1-13-10-14(2)12-16(11-13)19(25)23(20(3,4)5)22-18(24)15-6-8-17(21-26)9-7-15/h6-12,21,26H,1-5H3,(H,22,24). The van der Waals surface area contributed by atoms with Crippen molar-refractivity contribution in [3.63, 3.8) is 0 Å². The zero-order valence-corrected chi connectivity index (χ0v) is 16.0. The van der Waals surface area contributed by atoms with Crippen molar-refractivity contribution in [3.05, 3.63) is 64.7 Å². The van der Waals surface area contributed by atoms with E-state index in [2.05, 4.69) is 5.43 Å². The molecule has 2 rings (SSSR count). The van der Waals surface area contributed by atoms with Crippen LogP contribution in [-0.4, -0.2) is 34.9 Å². The highest BCUT2D eigenvalue weighted by Gasteiger charge is 2.29. The largest absolute Gasteiger partial charge is 0.449 e. The van der Waals surface area contributed by atoms with Crippen molar-refractivity contribution in [1.29, 1.82) is 0 Å². The fourth-order valence-corrected chi connectivity index (χ4v) is 2.68. The topological polar surface area (TPSA) is 69.6 Å². The van der Waals surface area contributed by atoms with E-state index in [0.29, 0.717) is 11.1 Å². The average molecular weight is 352 g/mol. The third kappa shape index (κ3) is 4.73. The van der Waals surface area contributed by atoms with Gasteiger partial charge in [-0.1, -0.05) is 34.8 Å². The van der Waals surface area contributed by atoms with E-state index in [9.17, 15) is 9.59 Å². The summed E-state index contributed by atoms with van der Waals surface area (Å²) in [7, 11) is -0.0821. The molecule has 5 nitrogen and oxygen atoms in total. The molecule has 0 aliphatic heterocycles. The molecule has 0 spiro atoms. The highest BCUT2D eigenvalue weighted by Crippen LogP contribution is 2.18. The van der Waals surface area contributed by atoms with Gasteiger partial charge in [-0.05, 0) is 58.9 Å². The summed E-state index contributed by atoms with van der Waals surface area (Å²) >= 11 is 0. The lowest BCUT2D eigenvalue weighted by atomic mass is 9.88. The van der Waals surface area contributed by atoms with E-state index in [1.165, 1.54) is 5.01 Å². The van der Waals surface area contributed by atoms with Crippen LogP contribution >= 0.6 is 0 Å². The van der Waals surface area contributed by atoms with Gasteiger partial charge in [0.1, 0.15) is 0 Å². The molecule has 0 bridgehead atoms. The van der Waals surface area contributed by atoms with Gasteiger partial charge in [0.05, 0.1) is 5.54 Å². The van der Waals surface area contributed by atoms with Crippen molar-refractivity contribution in [2.75, 3.05) is 0 Å². The van der Waals surface area contributed by atoms with Crippen LogP contribution in [0, 0.1) is 13.8 Å². The summed E-state index contributed by atoms with van der Waals surface area (Å²) in [6.07, 6.45) is 0. The fourth-order valence-electron chi connectivity index (χ4n) is 2.68. The first-order chi connectivity index (χ1) is 12.1. The van der Waals surface area contributed by atoms with Crippen LogP contribution in [-0.2, 0) is 0 Å². The molecule has 0 saturated heterocycles. The smallest absolute Gasteiger partial charge is 0.304 e. The Morgan fingerprint density at radius 3 is 1.96 bits per heavy atom. The van der Waals surface area contributed by atoms with Crippen LogP contribution in [0.1, 0.15) is 52.6 Å². The molecule has 0 aliphatic rings. The Morgan fingerprint density at radius 1 is 0.962 bits per heavy atom. The Balaban J connectivity index is 2.29. The number of nitrogens with zero attached hydrogens (tertiary/aromatic N) is 1. The highest BCUT2D eigenvalue weighted by molar-refractivity contribution is 6.45. The summed E-state index contributed by atoms with van der Waals surface area (Å²) in [5.74, 6) is -0.633. The van der Waals surface area contributed by atoms with E-state index < -0.39 is 5.54 Å². The Bertz CT molecular complexity index is 791. The van der Waals surface area contributed by atoms with Crippen LogP contribution in [0.2, 0.25) is 0 Å². The zero-order valence-electron chi connectivity index (χ0n) is 16.0. The number of carbonyl (C=O) groups is 2. The SMILES string of the molecule is Cc1cc(C)cc(C(=O)N(NC(=O)c2ccc(BO)cc2)C(C)(C)C)c1. The molecule has 6 heteroatoms. The number of carbonyl (C=O) groups excluding carboxylic acids is 2. The second kappa shape index (κ2) is 7.75. The van der Waals surface area contributed by atoms with Crippen molar-refractivity contribution in [1.82, 2.24) is 10.4 Å². The van der Waals surface area contributed by atoms with E-state index >= 15 is 0 Å². The summed E-state index contributed by atoms with van der Waals surface area (Å²) in [5, 5.41) is 10.5. The maximum atomic E-state index is 13.0. The number of hydrogen-bond acceptors (Lipinski definition) is 3. The summed E-state index contributed by atoms with van der Waals surface area (Å²) in [4.78, 5) is 25.6. The molecule has 0 heterocycles. The van der Waals surface area contributed by atoms with Gasteiger partial charge in [-0.15, -0.1) is 0 Å². The second-order valence-corrected chi connectivity index (χ2v) is 7.48. The van der Waals surface area contributed by atoms with Gasteiger partial charge in [-0.3, -0.25) is 15.0 Å². The van der Waals surface area contributed by atoms with E-state index in [1.54, 1.807) is 24.3 Å². The zero-order chi connectivity index (χ0) is 19.5. The number of nitrogens with one attached hydrogen (secondary N) is 1. The molecule has 0 radical (unpaired) electrons. The molecule has 0 saturated carbocycles. The maximum Gasteiger partial charge on any atom is 0.304 e. The number of rotatable bonds is 3. The van der Waals surface area contributed by atoms with Gasteiger partial charge in [-0.2, -0.15) is 0 Å². The fraction of sp³-hybridized carbons (Fsp3) is 0.300. The maximum absolute atomic E-state index is 13.0. The number of hydrazine groups is 1. The Kier molecular flexibility index (Phi) is 5.88. The Morgan fingerprint density at radius 2 is 1.50 bits per heavy atom.